The van der Waals surface area contributed by atoms with Gasteiger partial charge in [0.2, 0.25) is 5.88 Å². The Kier molecular flexibility index (Phi) is 6.68. The highest BCUT2D eigenvalue weighted by Gasteiger charge is 2.36. The second-order valence-electron chi connectivity index (χ2n) is 7.34. The summed E-state index contributed by atoms with van der Waals surface area (Å²) in [5.74, 6) is -3.12. The number of hydrogen-bond donors (Lipinski definition) is 2. The fourth-order valence-electron chi connectivity index (χ4n) is 3.64. The summed E-state index contributed by atoms with van der Waals surface area (Å²) in [5, 5.41) is 18.8. The van der Waals surface area contributed by atoms with Crippen LogP contribution in [0.1, 0.15) is 41.3 Å². The van der Waals surface area contributed by atoms with Crippen LogP contribution in [0.2, 0.25) is 0 Å². The van der Waals surface area contributed by atoms with Gasteiger partial charge >= 0.3 is 18.1 Å². The molecule has 2 aromatic carbocycles. The number of rotatable bonds is 5. The molecule has 1 aliphatic rings. The Hall–Kier alpha value is -4.26. The molecule has 10 heteroatoms. The van der Waals surface area contributed by atoms with E-state index in [2.05, 4.69) is 0 Å². The fraction of sp³-hybridized carbons (Fsp3) is 0.208. The first kappa shape index (κ1) is 24.4. The zero-order valence-corrected chi connectivity index (χ0v) is 18.1. The number of carboxylic acids is 1. The standard InChI is InChI=1S/C24H19F3N2O5/c1-3-33-23(32)19-12(2)34-21(29)18(11-28)20(19)14-6-4-13(5-7-14)15-8-16(22(30)31)10-17(9-15)24(25,26)27/h4-10,20H,3,29H2,1-2H3,(H,30,31). The van der Waals surface area contributed by atoms with Gasteiger partial charge in [0.1, 0.15) is 17.4 Å². The summed E-state index contributed by atoms with van der Waals surface area (Å²) >= 11 is 0. The molecular formula is C24H19F3N2O5. The molecule has 176 valence electrons. The maximum absolute atomic E-state index is 13.3. The summed E-state index contributed by atoms with van der Waals surface area (Å²) in [6.07, 6.45) is -4.73. The highest BCUT2D eigenvalue weighted by atomic mass is 19.4. The number of allylic oxidation sites excluding steroid dienone is 2. The number of nitrogens with zero attached hydrogens (tertiary/aromatic N) is 1. The lowest BCUT2D eigenvalue weighted by atomic mass is 9.82. The lowest BCUT2D eigenvalue weighted by Crippen LogP contribution is -2.25. The Labute approximate surface area is 192 Å². The van der Waals surface area contributed by atoms with E-state index >= 15 is 0 Å². The number of ether oxygens (including phenoxy) is 2. The summed E-state index contributed by atoms with van der Waals surface area (Å²) < 4.78 is 50.2. The van der Waals surface area contributed by atoms with E-state index in [4.69, 9.17) is 15.2 Å². The lowest BCUT2D eigenvalue weighted by molar-refractivity contribution is -0.139. The van der Waals surface area contributed by atoms with Crippen LogP contribution in [-0.2, 0) is 20.4 Å². The van der Waals surface area contributed by atoms with E-state index in [0.29, 0.717) is 17.2 Å². The minimum absolute atomic E-state index is 0.0198. The molecule has 0 spiro atoms. The summed E-state index contributed by atoms with van der Waals surface area (Å²) in [4.78, 5) is 23.9. The molecule has 0 radical (unpaired) electrons. The van der Waals surface area contributed by atoms with E-state index in [0.717, 1.165) is 12.1 Å². The molecule has 1 atom stereocenters. The minimum atomic E-state index is -4.73. The third-order valence-electron chi connectivity index (χ3n) is 5.19. The highest BCUT2D eigenvalue weighted by molar-refractivity contribution is 5.93. The molecule has 3 rings (SSSR count). The first-order valence-corrected chi connectivity index (χ1v) is 9.99. The van der Waals surface area contributed by atoms with Gasteiger partial charge in [-0.05, 0) is 48.7 Å². The van der Waals surface area contributed by atoms with Gasteiger partial charge in [-0.25, -0.2) is 9.59 Å². The van der Waals surface area contributed by atoms with Crippen molar-refractivity contribution in [3.05, 3.63) is 81.9 Å². The van der Waals surface area contributed by atoms with Crippen molar-refractivity contribution in [1.29, 1.82) is 5.26 Å². The topological polar surface area (TPSA) is 123 Å². The summed E-state index contributed by atoms with van der Waals surface area (Å²) in [6, 6.07) is 10.5. The van der Waals surface area contributed by atoms with Gasteiger partial charge in [-0.3, -0.25) is 0 Å². The molecular weight excluding hydrogens is 453 g/mol. The van der Waals surface area contributed by atoms with Crippen molar-refractivity contribution in [3.63, 3.8) is 0 Å². The SMILES string of the molecule is CCOC(=O)C1=C(C)OC(N)=C(C#N)C1c1ccc(-c2cc(C(=O)O)cc(C(F)(F)F)c2)cc1. The largest absolute Gasteiger partial charge is 0.478 e. The number of hydrogen-bond acceptors (Lipinski definition) is 6. The van der Waals surface area contributed by atoms with Gasteiger partial charge in [-0.1, -0.05) is 24.3 Å². The molecule has 34 heavy (non-hydrogen) atoms. The Morgan fingerprint density at radius 2 is 1.82 bits per heavy atom. The van der Waals surface area contributed by atoms with Crippen LogP contribution in [0.5, 0.6) is 0 Å². The van der Waals surface area contributed by atoms with Crippen LogP contribution in [0.4, 0.5) is 13.2 Å². The summed E-state index contributed by atoms with van der Waals surface area (Å²) in [7, 11) is 0. The third-order valence-corrected chi connectivity index (χ3v) is 5.19. The molecule has 3 N–H and O–H groups in total. The molecule has 0 bridgehead atoms. The molecule has 1 heterocycles. The van der Waals surface area contributed by atoms with Crippen molar-refractivity contribution in [2.75, 3.05) is 6.61 Å². The number of alkyl halides is 3. The maximum Gasteiger partial charge on any atom is 0.416 e. The summed E-state index contributed by atoms with van der Waals surface area (Å²) in [5.41, 5.74) is 5.09. The van der Waals surface area contributed by atoms with E-state index in [1.165, 1.54) is 31.2 Å². The van der Waals surface area contributed by atoms with Crippen molar-refractivity contribution in [3.8, 4) is 17.2 Å². The van der Waals surface area contributed by atoms with Gasteiger partial charge in [0.05, 0.1) is 29.2 Å². The van der Waals surface area contributed by atoms with Gasteiger partial charge in [0, 0.05) is 0 Å². The molecule has 2 aromatic rings. The molecule has 0 amide bonds. The second-order valence-corrected chi connectivity index (χ2v) is 7.34. The van der Waals surface area contributed by atoms with Crippen molar-refractivity contribution in [2.24, 2.45) is 5.73 Å². The lowest BCUT2D eigenvalue weighted by Gasteiger charge is -2.27. The van der Waals surface area contributed by atoms with Crippen molar-refractivity contribution in [1.82, 2.24) is 0 Å². The van der Waals surface area contributed by atoms with Gasteiger partial charge in [0.15, 0.2) is 0 Å². The van der Waals surface area contributed by atoms with Crippen LogP contribution >= 0.6 is 0 Å². The number of nitrogens with two attached hydrogens (primary N) is 1. The van der Waals surface area contributed by atoms with Crippen LogP contribution in [0, 0.1) is 11.3 Å². The van der Waals surface area contributed by atoms with E-state index in [9.17, 15) is 33.1 Å². The number of benzene rings is 2. The number of halogens is 3. The molecule has 0 aliphatic carbocycles. The van der Waals surface area contributed by atoms with Gasteiger partial charge in [-0.2, -0.15) is 18.4 Å². The minimum Gasteiger partial charge on any atom is -0.478 e. The van der Waals surface area contributed by atoms with Crippen LogP contribution in [0.25, 0.3) is 11.1 Å². The Morgan fingerprint density at radius 3 is 2.35 bits per heavy atom. The molecule has 0 aromatic heterocycles. The fourth-order valence-corrected chi connectivity index (χ4v) is 3.64. The zero-order valence-electron chi connectivity index (χ0n) is 18.1. The first-order chi connectivity index (χ1) is 16.0. The first-order valence-electron chi connectivity index (χ1n) is 9.99. The van der Waals surface area contributed by atoms with Crippen molar-refractivity contribution in [2.45, 2.75) is 25.9 Å². The molecule has 1 unspecified atom stereocenters. The van der Waals surface area contributed by atoms with E-state index in [1.54, 1.807) is 6.92 Å². The second kappa shape index (κ2) is 9.31. The van der Waals surface area contributed by atoms with Crippen LogP contribution in [0.3, 0.4) is 0 Å². The molecule has 1 aliphatic heterocycles. The molecule has 0 saturated heterocycles. The Balaban J connectivity index is 2.10. The van der Waals surface area contributed by atoms with Gasteiger partial charge in [-0.15, -0.1) is 0 Å². The average molecular weight is 472 g/mol. The molecule has 0 fully saturated rings. The molecule has 7 nitrogen and oxygen atoms in total. The van der Waals surface area contributed by atoms with Crippen molar-refractivity contribution < 1.29 is 37.3 Å². The van der Waals surface area contributed by atoms with Crippen LogP contribution in [-0.4, -0.2) is 23.7 Å². The van der Waals surface area contributed by atoms with Crippen LogP contribution in [0.15, 0.2) is 65.3 Å². The maximum atomic E-state index is 13.3. The number of nitriles is 1. The third kappa shape index (κ3) is 4.73. The summed E-state index contributed by atoms with van der Waals surface area (Å²) in [6.45, 7) is 3.21. The predicted octanol–water partition coefficient (Wildman–Crippen LogP) is 4.72. The normalized spacial score (nSPS) is 16.1. The monoisotopic (exact) mass is 472 g/mol. The Morgan fingerprint density at radius 1 is 1.18 bits per heavy atom. The van der Waals surface area contributed by atoms with Crippen LogP contribution < -0.4 is 5.73 Å². The number of carboxylic acid groups (broad SMARTS) is 1. The number of aromatic carboxylic acids is 1. The van der Waals surface area contributed by atoms with E-state index < -0.39 is 35.2 Å². The smallest absolute Gasteiger partial charge is 0.416 e. The Bertz CT molecular complexity index is 1250. The molecule has 0 saturated carbocycles. The highest BCUT2D eigenvalue weighted by Crippen LogP contribution is 2.40. The van der Waals surface area contributed by atoms with E-state index in [1.807, 2.05) is 6.07 Å². The van der Waals surface area contributed by atoms with Crippen molar-refractivity contribution >= 4 is 11.9 Å². The quantitative estimate of drug-likeness (QED) is 0.604. The number of esters is 1. The zero-order chi connectivity index (χ0) is 25.2. The van der Waals surface area contributed by atoms with Gasteiger partial charge in [0.25, 0.3) is 0 Å². The average Bonchev–Trinajstić information content (AvgIpc) is 2.78. The number of carbonyl (C=O) groups excluding carboxylic acids is 1. The predicted molar refractivity (Wildman–Crippen MR) is 114 cm³/mol. The van der Waals surface area contributed by atoms with Gasteiger partial charge < -0.3 is 20.3 Å². The number of carbonyl (C=O) groups is 2. The van der Waals surface area contributed by atoms with E-state index in [-0.39, 0.29) is 35.0 Å².